The summed E-state index contributed by atoms with van der Waals surface area (Å²) in [5.74, 6) is -0.406. The number of aromatic nitrogens is 1. The lowest BCUT2D eigenvalue weighted by atomic mass is 10.1. The molecule has 1 fully saturated rings. The molecule has 0 spiro atoms. The van der Waals surface area contributed by atoms with Crippen molar-refractivity contribution >= 4 is 23.1 Å². The van der Waals surface area contributed by atoms with Gasteiger partial charge in [-0.25, -0.2) is 4.39 Å². The fraction of sp³-hybridized carbons (Fsp3) is 0.333. The molecule has 1 aromatic carbocycles. The van der Waals surface area contributed by atoms with E-state index in [1.54, 1.807) is 12.1 Å². The van der Waals surface area contributed by atoms with Crippen LogP contribution in [-0.2, 0) is 0 Å². The van der Waals surface area contributed by atoms with E-state index in [2.05, 4.69) is 4.37 Å². The zero-order valence-electron chi connectivity index (χ0n) is 11.5. The zero-order valence-corrected chi connectivity index (χ0v) is 12.3. The van der Waals surface area contributed by atoms with Crippen LogP contribution in [0.5, 0.6) is 0 Å². The van der Waals surface area contributed by atoms with Crippen molar-refractivity contribution < 1.29 is 9.18 Å². The number of hydrogen-bond acceptors (Lipinski definition) is 4. The van der Waals surface area contributed by atoms with Crippen molar-refractivity contribution in [1.29, 1.82) is 0 Å². The molecule has 0 radical (unpaired) electrons. The van der Waals surface area contributed by atoms with Crippen LogP contribution in [0.3, 0.4) is 0 Å². The van der Waals surface area contributed by atoms with E-state index in [0.29, 0.717) is 21.8 Å². The van der Waals surface area contributed by atoms with E-state index in [0.717, 1.165) is 43.9 Å². The van der Waals surface area contributed by atoms with E-state index >= 15 is 0 Å². The van der Waals surface area contributed by atoms with E-state index < -0.39 is 0 Å². The Hall–Kier alpha value is -1.95. The average Bonchev–Trinajstić information content (AvgIpc) is 2.89. The van der Waals surface area contributed by atoms with E-state index in [1.807, 2.05) is 4.90 Å². The largest absolute Gasteiger partial charge is 0.396 e. The zero-order chi connectivity index (χ0) is 14.8. The van der Waals surface area contributed by atoms with Gasteiger partial charge in [-0.15, -0.1) is 0 Å². The Bertz CT molecular complexity index is 665. The van der Waals surface area contributed by atoms with Crippen molar-refractivity contribution in [2.45, 2.75) is 19.3 Å². The smallest absolute Gasteiger partial charge is 0.267 e. The molecule has 0 atom stereocenters. The molecule has 0 saturated carbocycles. The van der Waals surface area contributed by atoms with E-state index in [1.165, 1.54) is 12.1 Å². The summed E-state index contributed by atoms with van der Waals surface area (Å²) in [6, 6.07) is 6.09. The highest BCUT2D eigenvalue weighted by Crippen LogP contribution is 2.32. The van der Waals surface area contributed by atoms with Crippen LogP contribution in [0.1, 0.15) is 28.9 Å². The van der Waals surface area contributed by atoms with Gasteiger partial charge in [0.2, 0.25) is 0 Å². The molecule has 4 nitrogen and oxygen atoms in total. The van der Waals surface area contributed by atoms with Crippen LogP contribution in [-0.4, -0.2) is 28.3 Å². The Balaban J connectivity index is 1.90. The van der Waals surface area contributed by atoms with Crippen molar-refractivity contribution in [2.24, 2.45) is 0 Å². The lowest BCUT2D eigenvalue weighted by molar-refractivity contribution is 0.0730. The third-order valence-electron chi connectivity index (χ3n) is 3.66. The number of carbonyl (C=O) groups is 1. The van der Waals surface area contributed by atoms with Crippen molar-refractivity contribution in [3.63, 3.8) is 0 Å². The topological polar surface area (TPSA) is 59.2 Å². The number of carbonyl (C=O) groups excluding carboxylic acids is 1. The van der Waals surface area contributed by atoms with Crippen LogP contribution in [0.25, 0.3) is 11.3 Å². The molecular weight excluding hydrogens is 289 g/mol. The molecule has 2 N–H and O–H groups in total. The normalized spacial score (nSPS) is 15.2. The molecule has 0 bridgehead atoms. The highest BCUT2D eigenvalue weighted by atomic mass is 32.1. The van der Waals surface area contributed by atoms with Crippen LogP contribution in [0.15, 0.2) is 24.3 Å². The molecule has 6 heteroatoms. The SMILES string of the molecule is Nc1c(-c2cccc(F)c2)nsc1C(=O)N1CCCCC1. The minimum atomic E-state index is -0.344. The molecule has 0 aliphatic carbocycles. The molecule has 3 rings (SSSR count). The first kappa shape index (κ1) is 14.0. The summed E-state index contributed by atoms with van der Waals surface area (Å²) in [6.07, 6.45) is 3.22. The summed E-state index contributed by atoms with van der Waals surface area (Å²) in [7, 11) is 0. The Morgan fingerprint density at radius 3 is 2.76 bits per heavy atom. The summed E-state index contributed by atoms with van der Waals surface area (Å²) in [5, 5.41) is 0. The number of nitrogens with zero attached hydrogens (tertiary/aromatic N) is 2. The molecule has 21 heavy (non-hydrogen) atoms. The molecule has 1 aliphatic rings. The Morgan fingerprint density at radius 2 is 2.05 bits per heavy atom. The Kier molecular flexibility index (Phi) is 3.88. The van der Waals surface area contributed by atoms with Gasteiger partial charge in [0.15, 0.2) is 0 Å². The second-order valence-electron chi connectivity index (χ2n) is 5.14. The molecule has 110 valence electrons. The maximum absolute atomic E-state index is 13.3. The molecule has 1 aromatic heterocycles. The highest BCUT2D eigenvalue weighted by molar-refractivity contribution is 7.09. The van der Waals surface area contributed by atoms with Crippen molar-refractivity contribution in [3.05, 3.63) is 35.0 Å². The average molecular weight is 305 g/mol. The number of rotatable bonds is 2. The summed E-state index contributed by atoms with van der Waals surface area (Å²) >= 11 is 1.09. The lowest BCUT2D eigenvalue weighted by Crippen LogP contribution is -2.35. The molecule has 0 unspecified atom stereocenters. The first-order valence-corrected chi connectivity index (χ1v) is 7.74. The summed E-state index contributed by atoms with van der Waals surface area (Å²) in [6.45, 7) is 1.54. The predicted molar refractivity (Wildman–Crippen MR) is 81.7 cm³/mol. The number of anilines is 1. The second-order valence-corrected chi connectivity index (χ2v) is 5.91. The minimum absolute atomic E-state index is 0.0626. The van der Waals surface area contributed by atoms with E-state index in [9.17, 15) is 9.18 Å². The fourth-order valence-electron chi connectivity index (χ4n) is 2.54. The van der Waals surface area contributed by atoms with Gasteiger partial charge in [0.05, 0.1) is 5.69 Å². The first-order chi connectivity index (χ1) is 10.2. The number of piperidine rings is 1. The van der Waals surface area contributed by atoms with Gasteiger partial charge in [0.1, 0.15) is 16.4 Å². The number of hydrogen-bond donors (Lipinski definition) is 1. The van der Waals surface area contributed by atoms with Gasteiger partial charge in [-0.05, 0) is 42.9 Å². The summed E-state index contributed by atoms with van der Waals surface area (Å²) in [4.78, 5) is 14.8. The van der Waals surface area contributed by atoms with Crippen LogP contribution in [0.2, 0.25) is 0 Å². The maximum Gasteiger partial charge on any atom is 0.267 e. The van der Waals surface area contributed by atoms with Gasteiger partial charge >= 0.3 is 0 Å². The second kappa shape index (κ2) is 5.81. The summed E-state index contributed by atoms with van der Waals surface area (Å²) < 4.78 is 17.5. The third-order valence-corrected chi connectivity index (χ3v) is 4.51. The molecule has 1 saturated heterocycles. The standard InChI is InChI=1S/C15H16FN3OS/c16-11-6-4-5-10(9-11)13-12(17)14(21-18-13)15(20)19-7-2-1-3-8-19/h4-6,9H,1-3,7-8,17H2. The molecule has 2 aromatic rings. The van der Waals surface area contributed by atoms with Gasteiger partial charge in [0.25, 0.3) is 5.91 Å². The van der Waals surface area contributed by atoms with Crippen LogP contribution < -0.4 is 5.73 Å². The third kappa shape index (κ3) is 2.76. The monoisotopic (exact) mass is 305 g/mol. The highest BCUT2D eigenvalue weighted by Gasteiger charge is 2.24. The summed E-state index contributed by atoms with van der Waals surface area (Å²) in [5.41, 5.74) is 7.50. The van der Waals surface area contributed by atoms with Crippen molar-refractivity contribution in [2.75, 3.05) is 18.8 Å². The maximum atomic E-state index is 13.3. The number of nitrogen functional groups attached to an aromatic ring is 1. The molecular formula is C15H16FN3OS. The van der Waals surface area contributed by atoms with Gasteiger partial charge in [-0.3, -0.25) is 4.79 Å². The van der Waals surface area contributed by atoms with Crippen molar-refractivity contribution in [1.82, 2.24) is 9.27 Å². The fourth-order valence-corrected chi connectivity index (χ4v) is 3.32. The number of nitrogens with two attached hydrogens (primary N) is 1. The van der Waals surface area contributed by atoms with Gasteiger partial charge in [-0.1, -0.05) is 12.1 Å². The van der Waals surface area contributed by atoms with Crippen LogP contribution >= 0.6 is 11.5 Å². The predicted octanol–water partition coefficient (Wildman–Crippen LogP) is 3.16. The van der Waals surface area contributed by atoms with Crippen LogP contribution in [0, 0.1) is 5.82 Å². The number of amides is 1. The quantitative estimate of drug-likeness (QED) is 0.927. The van der Waals surface area contributed by atoms with Crippen molar-refractivity contribution in [3.8, 4) is 11.3 Å². The number of likely N-dealkylation sites (tertiary alicyclic amines) is 1. The first-order valence-electron chi connectivity index (χ1n) is 6.97. The Labute approximate surface area is 126 Å². The van der Waals surface area contributed by atoms with Gasteiger partial charge in [-0.2, -0.15) is 4.37 Å². The number of halogens is 1. The molecule has 1 amide bonds. The minimum Gasteiger partial charge on any atom is -0.396 e. The van der Waals surface area contributed by atoms with Crippen LogP contribution in [0.4, 0.5) is 10.1 Å². The van der Waals surface area contributed by atoms with E-state index in [-0.39, 0.29) is 11.7 Å². The van der Waals surface area contributed by atoms with E-state index in [4.69, 9.17) is 5.73 Å². The lowest BCUT2D eigenvalue weighted by Gasteiger charge is -2.26. The van der Waals surface area contributed by atoms with Gasteiger partial charge < -0.3 is 10.6 Å². The Morgan fingerprint density at radius 1 is 1.29 bits per heavy atom. The number of benzene rings is 1. The van der Waals surface area contributed by atoms with Gasteiger partial charge in [0, 0.05) is 18.7 Å². The molecule has 2 heterocycles. The molecule has 1 aliphatic heterocycles.